The largest absolute Gasteiger partial charge is 0.391 e. The summed E-state index contributed by atoms with van der Waals surface area (Å²) in [6.45, 7) is 1.16. The van der Waals surface area contributed by atoms with Crippen molar-refractivity contribution in [3.05, 3.63) is 34.9 Å². The molecule has 1 amide bonds. The Hall–Kier alpha value is -1.06. The van der Waals surface area contributed by atoms with Crippen LogP contribution in [0.5, 0.6) is 0 Å². The van der Waals surface area contributed by atoms with Gasteiger partial charge in [0.05, 0.1) is 11.5 Å². The molecule has 20 heavy (non-hydrogen) atoms. The summed E-state index contributed by atoms with van der Waals surface area (Å²) in [5, 5.41) is 10.4. The van der Waals surface area contributed by atoms with Crippen molar-refractivity contribution in [3.8, 4) is 0 Å². The van der Waals surface area contributed by atoms with E-state index in [1.54, 1.807) is 0 Å². The standard InChI is InChI=1S/C16H20ClNO2/c17-13-5-3-12(4-6-13)16(8-1-2-9-16)15(20)18-10-7-14(19)11-18/h3-6,14,19H,1-2,7-11H2/t14-/m1/s1. The molecule has 1 saturated heterocycles. The molecule has 0 unspecified atom stereocenters. The topological polar surface area (TPSA) is 40.5 Å². The lowest BCUT2D eigenvalue weighted by Crippen LogP contribution is -2.44. The van der Waals surface area contributed by atoms with Crippen molar-refractivity contribution < 1.29 is 9.90 Å². The third kappa shape index (κ3) is 2.33. The predicted molar refractivity (Wildman–Crippen MR) is 78.8 cm³/mol. The fourth-order valence-corrected chi connectivity index (χ4v) is 3.73. The third-order valence-electron chi connectivity index (χ3n) is 4.71. The molecule has 1 N–H and O–H groups in total. The molecule has 1 aliphatic heterocycles. The molecule has 1 heterocycles. The Morgan fingerprint density at radius 1 is 1.25 bits per heavy atom. The molecule has 1 aliphatic carbocycles. The molecule has 1 saturated carbocycles. The molecule has 4 heteroatoms. The number of carbonyl (C=O) groups is 1. The van der Waals surface area contributed by atoms with Crippen molar-refractivity contribution in [1.29, 1.82) is 0 Å². The molecule has 2 aliphatic rings. The summed E-state index contributed by atoms with van der Waals surface area (Å²) in [6, 6.07) is 7.70. The maximum absolute atomic E-state index is 13.0. The minimum Gasteiger partial charge on any atom is -0.391 e. The number of hydrogen-bond donors (Lipinski definition) is 1. The van der Waals surface area contributed by atoms with E-state index >= 15 is 0 Å². The van der Waals surface area contributed by atoms with Crippen molar-refractivity contribution in [2.24, 2.45) is 0 Å². The molecule has 0 bridgehead atoms. The van der Waals surface area contributed by atoms with Gasteiger partial charge in [-0.25, -0.2) is 0 Å². The average molecular weight is 294 g/mol. The monoisotopic (exact) mass is 293 g/mol. The number of amides is 1. The highest BCUT2D eigenvalue weighted by Crippen LogP contribution is 2.43. The van der Waals surface area contributed by atoms with Crippen molar-refractivity contribution in [2.45, 2.75) is 43.6 Å². The Morgan fingerprint density at radius 3 is 2.45 bits per heavy atom. The van der Waals surface area contributed by atoms with Crippen LogP contribution in [-0.4, -0.2) is 35.1 Å². The number of halogens is 1. The molecule has 1 atom stereocenters. The van der Waals surface area contributed by atoms with E-state index < -0.39 is 5.41 Å². The van der Waals surface area contributed by atoms with Gasteiger partial charge in [0.1, 0.15) is 0 Å². The van der Waals surface area contributed by atoms with Crippen LogP contribution in [0.2, 0.25) is 5.02 Å². The maximum Gasteiger partial charge on any atom is 0.233 e. The second-order valence-corrected chi connectivity index (χ2v) is 6.43. The van der Waals surface area contributed by atoms with E-state index in [1.165, 1.54) is 0 Å². The zero-order valence-electron chi connectivity index (χ0n) is 11.5. The van der Waals surface area contributed by atoms with Crippen molar-refractivity contribution in [1.82, 2.24) is 4.90 Å². The Balaban J connectivity index is 1.91. The quantitative estimate of drug-likeness (QED) is 0.911. The lowest BCUT2D eigenvalue weighted by Gasteiger charge is -2.33. The summed E-state index contributed by atoms with van der Waals surface area (Å²) in [6.07, 6.45) is 4.32. The summed E-state index contributed by atoms with van der Waals surface area (Å²) in [7, 11) is 0. The molecule has 0 aromatic heterocycles. The molecule has 0 spiro atoms. The summed E-state index contributed by atoms with van der Waals surface area (Å²) in [5.41, 5.74) is 0.681. The zero-order chi connectivity index (χ0) is 14.2. The van der Waals surface area contributed by atoms with Gasteiger partial charge in [-0.05, 0) is 37.0 Å². The van der Waals surface area contributed by atoms with Gasteiger partial charge in [-0.1, -0.05) is 36.6 Å². The second-order valence-electron chi connectivity index (χ2n) is 5.99. The van der Waals surface area contributed by atoms with Gasteiger partial charge in [0.15, 0.2) is 0 Å². The van der Waals surface area contributed by atoms with E-state index in [2.05, 4.69) is 0 Å². The number of hydrogen-bond acceptors (Lipinski definition) is 2. The van der Waals surface area contributed by atoms with Crippen LogP contribution in [0.4, 0.5) is 0 Å². The first-order chi connectivity index (χ1) is 9.62. The van der Waals surface area contributed by atoms with E-state index in [-0.39, 0.29) is 12.0 Å². The van der Waals surface area contributed by atoms with Crippen LogP contribution in [-0.2, 0) is 10.2 Å². The fourth-order valence-electron chi connectivity index (χ4n) is 3.60. The lowest BCUT2D eigenvalue weighted by molar-refractivity contribution is -0.136. The van der Waals surface area contributed by atoms with Crippen LogP contribution in [0, 0.1) is 0 Å². The first kappa shape index (κ1) is 13.9. The highest BCUT2D eigenvalue weighted by molar-refractivity contribution is 6.30. The van der Waals surface area contributed by atoms with Gasteiger partial charge in [-0.2, -0.15) is 0 Å². The second kappa shape index (κ2) is 5.38. The maximum atomic E-state index is 13.0. The molecule has 1 aromatic rings. The minimum absolute atomic E-state index is 0.189. The Labute approximate surface area is 124 Å². The first-order valence-electron chi connectivity index (χ1n) is 7.35. The summed E-state index contributed by atoms with van der Waals surface area (Å²) >= 11 is 5.96. The molecular weight excluding hydrogens is 274 g/mol. The smallest absolute Gasteiger partial charge is 0.233 e. The van der Waals surface area contributed by atoms with E-state index in [1.807, 2.05) is 29.2 Å². The highest BCUT2D eigenvalue weighted by Gasteiger charge is 2.46. The number of rotatable bonds is 2. The van der Waals surface area contributed by atoms with Crippen molar-refractivity contribution in [2.75, 3.05) is 13.1 Å². The average Bonchev–Trinajstić information content (AvgIpc) is 3.08. The van der Waals surface area contributed by atoms with Gasteiger partial charge in [-0.15, -0.1) is 0 Å². The van der Waals surface area contributed by atoms with Crippen LogP contribution >= 0.6 is 11.6 Å². The van der Waals surface area contributed by atoms with Gasteiger partial charge in [-0.3, -0.25) is 4.79 Å². The minimum atomic E-state index is -0.394. The normalized spacial score (nSPS) is 25.1. The zero-order valence-corrected chi connectivity index (χ0v) is 12.3. The molecule has 108 valence electrons. The number of carbonyl (C=O) groups excluding carboxylic acids is 1. The van der Waals surface area contributed by atoms with Crippen molar-refractivity contribution in [3.63, 3.8) is 0 Å². The van der Waals surface area contributed by atoms with Crippen LogP contribution in [0.3, 0.4) is 0 Å². The predicted octanol–water partition coefficient (Wildman–Crippen LogP) is 2.75. The fraction of sp³-hybridized carbons (Fsp3) is 0.562. The molecule has 3 nitrogen and oxygen atoms in total. The third-order valence-corrected chi connectivity index (χ3v) is 4.97. The Kier molecular flexibility index (Phi) is 3.74. The number of nitrogens with zero attached hydrogens (tertiary/aromatic N) is 1. The number of likely N-dealkylation sites (tertiary alicyclic amines) is 1. The summed E-state index contributed by atoms with van der Waals surface area (Å²) < 4.78 is 0. The molecule has 2 fully saturated rings. The molecule has 0 radical (unpaired) electrons. The van der Waals surface area contributed by atoms with Crippen LogP contribution in [0.1, 0.15) is 37.7 Å². The molecule has 3 rings (SSSR count). The number of benzene rings is 1. The Bertz CT molecular complexity index is 494. The summed E-state index contributed by atoms with van der Waals surface area (Å²) in [4.78, 5) is 14.8. The Morgan fingerprint density at radius 2 is 1.90 bits per heavy atom. The number of aliphatic hydroxyl groups is 1. The van der Waals surface area contributed by atoms with E-state index in [9.17, 15) is 9.90 Å². The van der Waals surface area contributed by atoms with Gasteiger partial charge in [0.2, 0.25) is 5.91 Å². The van der Waals surface area contributed by atoms with Crippen LogP contribution in [0.15, 0.2) is 24.3 Å². The van der Waals surface area contributed by atoms with Gasteiger partial charge in [0, 0.05) is 18.1 Å². The highest BCUT2D eigenvalue weighted by atomic mass is 35.5. The van der Waals surface area contributed by atoms with E-state index in [0.29, 0.717) is 24.5 Å². The summed E-state index contributed by atoms with van der Waals surface area (Å²) in [5.74, 6) is 0.189. The SMILES string of the molecule is O=C(N1CC[C@@H](O)C1)C1(c2ccc(Cl)cc2)CCCC1. The lowest BCUT2D eigenvalue weighted by atomic mass is 9.77. The van der Waals surface area contributed by atoms with Crippen molar-refractivity contribution >= 4 is 17.5 Å². The van der Waals surface area contributed by atoms with Crippen LogP contribution in [0.25, 0.3) is 0 Å². The number of aliphatic hydroxyl groups excluding tert-OH is 1. The van der Waals surface area contributed by atoms with E-state index in [0.717, 1.165) is 31.2 Å². The van der Waals surface area contributed by atoms with Gasteiger partial charge < -0.3 is 10.0 Å². The van der Waals surface area contributed by atoms with Gasteiger partial charge >= 0.3 is 0 Å². The first-order valence-corrected chi connectivity index (χ1v) is 7.73. The van der Waals surface area contributed by atoms with Crippen LogP contribution < -0.4 is 0 Å². The molecular formula is C16H20ClNO2. The van der Waals surface area contributed by atoms with E-state index in [4.69, 9.17) is 11.6 Å². The van der Waals surface area contributed by atoms with Gasteiger partial charge in [0.25, 0.3) is 0 Å². The number of β-amino-alcohol motifs (C(OH)–C–C–N with tert-alkyl or cyclic N) is 1. The molecule has 1 aromatic carbocycles.